The molecular weight excluding hydrogens is 336 g/mol. The lowest BCUT2D eigenvalue weighted by molar-refractivity contribution is 0.0923. The van der Waals surface area contributed by atoms with Crippen molar-refractivity contribution in [2.24, 2.45) is 0 Å². The Bertz CT molecular complexity index is 615. The van der Waals surface area contributed by atoms with Crippen LogP contribution in [0.3, 0.4) is 0 Å². The van der Waals surface area contributed by atoms with Gasteiger partial charge in [-0.1, -0.05) is 20.8 Å². The Morgan fingerprint density at radius 3 is 2.52 bits per heavy atom. The number of likely N-dealkylation sites (N-methyl/N-ethyl adjacent to an activating group) is 1. The molecule has 0 radical (unpaired) electrons. The molecule has 140 valence electrons. The van der Waals surface area contributed by atoms with E-state index in [0.29, 0.717) is 18.8 Å². The van der Waals surface area contributed by atoms with Crippen LogP contribution in [0.15, 0.2) is 18.3 Å². The number of hydrogen-bond donors (Lipinski definition) is 2. The van der Waals surface area contributed by atoms with Crippen LogP contribution in [0, 0.1) is 0 Å². The summed E-state index contributed by atoms with van der Waals surface area (Å²) in [6.45, 7) is 12.1. The minimum Gasteiger partial charge on any atom is -0.465 e. The Hall–Kier alpha value is -1.80. The molecule has 0 saturated carbocycles. The van der Waals surface area contributed by atoms with E-state index in [0.717, 1.165) is 5.82 Å². The maximum atomic E-state index is 11.5. The summed E-state index contributed by atoms with van der Waals surface area (Å²) in [7, 11) is -0.412. The number of hydrogen-bond acceptors (Lipinski definition) is 5. The highest BCUT2D eigenvalue weighted by molar-refractivity contribution is 6.74. The fourth-order valence-electron chi connectivity index (χ4n) is 2.71. The molecule has 2 heterocycles. The van der Waals surface area contributed by atoms with E-state index in [1.54, 1.807) is 19.3 Å². The molecule has 0 aliphatic carbocycles. The van der Waals surface area contributed by atoms with Gasteiger partial charge in [0.2, 0.25) is 0 Å². The van der Waals surface area contributed by atoms with Gasteiger partial charge in [0.25, 0.3) is 0 Å². The number of carboxylic acid groups (broad SMARTS) is 1. The molecule has 0 unspecified atom stereocenters. The number of amides is 1. The van der Waals surface area contributed by atoms with Crippen LogP contribution < -0.4 is 10.6 Å². The number of nitrogen functional groups attached to an aromatic ring is 1. The molecule has 1 aromatic heterocycles. The van der Waals surface area contributed by atoms with E-state index < -0.39 is 14.4 Å². The predicted octanol–water partition coefficient (Wildman–Crippen LogP) is 2.85. The van der Waals surface area contributed by atoms with Gasteiger partial charge in [0.05, 0.1) is 24.0 Å². The largest absolute Gasteiger partial charge is 0.465 e. The zero-order valence-corrected chi connectivity index (χ0v) is 17.0. The number of pyridine rings is 1. The summed E-state index contributed by atoms with van der Waals surface area (Å²) >= 11 is 0. The van der Waals surface area contributed by atoms with Gasteiger partial charge in [0.1, 0.15) is 5.82 Å². The normalized spacial score (nSPS) is 21.4. The van der Waals surface area contributed by atoms with Crippen molar-refractivity contribution in [2.45, 2.75) is 51.0 Å². The first-order valence-electron chi connectivity index (χ1n) is 8.52. The maximum absolute atomic E-state index is 11.5. The van der Waals surface area contributed by atoms with E-state index in [1.807, 2.05) is 6.07 Å². The SMILES string of the molecule is CN(C(=O)O)[C@@H]1CN(c2ccc(N)cn2)C[C@@H]1O[Si](C)(C)C(C)(C)C. The lowest BCUT2D eigenvalue weighted by Crippen LogP contribution is -2.51. The van der Waals surface area contributed by atoms with E-state index in [9.17, 15) is 9.90 Å². The van der Waals surface area contributed by atoms with Crippen LogP contribution in [0.25, 0.3) is 0 Å². The fourth-order valence-corrected chi connectivity index (χ4v) is 4.06. The maximum Gasteiger partial charge on any atom is 0.407 e. The number of nitrogens with zero attached hydrogens (tertiary/aromatic N) is 3. The Kier molecular flexibility index (Phi) is 5.34. The number of nitrogens with two attached hydrogens (primary N) is 1. The Morgan fingerprint density at radius 2 is 2.04 bits per heavy atom. The van der Waals surface area contributed by atoms with Crippen molar-refractivity contribution in [1.29, 1.82) is 0 Å². The highest BCUT2D eigenvalue weighted by atomic mass is 28.4. The summed E-state index contributed by atoms with van der Waals surface area (Å²) in [5, 5.41) is 9.50. The molecule has 0 spiro atoms. The number of carbonyl (C=O) groups is 1. The Balaban J connectivity index is 2.25. The lowest BCUT2D eigenvalue weighted by Gasteiger charge is -2.40. The smallest absolute Gasteiger partial charge is 0.407 e. The van der Waals surface area contributed by atoms with Gasteiger partial charge in [-0.05, 0) is 30.3 Å². The molecule has 25 heavy (non-hydrogen) atoms. The molecule has 3 N–H and O–H groups in total. The van der Waals surface area contributed by atoms with Crippen LogP contribution in [0.4, 0.5) is 16.3 Å². The van der Waals surface area contributed by atoms with Crippen molar-refractivity contribution >= 4 is 25.9 Å². The number of anilines is 2. The van der Waals surface area contributed by atoms with E-state index in [1.165, 1.54) is 4.90 Å². The molecule has 1 aliphatic heterocycles. The quantitative estimate of drug-likeness (QED) is 0.796. The third-order valence-electron chi connectivity index (χ3n) is 5.38. The first-order valence-corrected chi connectivity index (χ1v) is 11.4. The second kappa shape index (κ2) is 6.84. The summed E-state index contributed by atoms with van der Waals surface area (Å²) in [5.41, 5.74) is 6.32. The van der Waals surface area contributed by atoms with Gasteiger partial charge in [-0.15, -0.1) is 0 Å². The number of aromatic nitrogens is 1. The molecule has 0 aromatic carbocycles. The van der Waals surface area contributed by atoms with Crippen LogP contribution in [0.5, 0.6) is 0 Å². The average Bonchev–Trinajstić information content (AvgIpc) is 2.89. The molecule has 2 atom stereocenters. The monoisotopic (exact) mass is 366 g/mol. The lowest BCUT2D eigenvalue weighted by atomic mass is 10.2. The Morgan fingerprint density at radius 1 is 1.40 bits per heavy atom. The minimum atomic E-state index is -2.02. The summed E-state index contributed by atoms with van der Waals surface area (Å²) < 4.78 is 6.56. The molecule has 1 aliphatic rings. The minimum absolute atomic E-state index is 0.0617. The van der Waals surface area contributed by atoms with Gasteiger partial charge in [0.15, 0.2) is 8.32 Å². The van der Waals surface area contributed by atoms with Crippen LogP contribution in [0.1, 0.15) is 20.8 Å². The van der Waals surface area contributed by atoms with E-state index >= 15 is 0 Å². The molecule has 0 bridgehead atoms. The predicted molar refractivity (Wildman–Crippen MR) is 103 cm³/mol. The molecule has 1 amide bonds. The van der Waals surface area contributed by atoms with Gasteiger partial charge in [-0.2, -0.15) is 0 Å². The van der Waals surface area contributed by atoms with Crippen LogP contribution in [0.2, 0.25) is 18.1 Å². The second-order valence-corrected chi connectivity index (χ2v) is 13.0. The Labute approximate surface area is 150 Å². The third kappa shape index (κ3) is 4.24. The van der Waals surface area contributed by atoms with E-state index in [4.69, 9.17) is 10.2 Å². The van der Waals surface area contributed by atoms with Crippen molar-refractivity contribution in [1.82, 2.24) is 9.88 Å². The highest BCUT2D eigenvalue weighted by Gasteiger charge is 2.45. The second-order valence-electron chi connectivity index (χ2n) is 8.23. The van der Waals surface area contributed by atoms with E-state index in [2.05, 4.69) is 43.7 Å². The topological polar surface area (TPSA) is 91.9 Å². The van der Waals surface area contributed by atoms with Crippen LogP contribution >= 0.6 is 0 Å². The zero-order chi connectivity index (χ0) is 19.0. The van der Waals surface area contributed by atoms with E-state index in [-0.39, 0.29) is 17.2 Å². The fraction of sp³-hybridized carbons (Fsp3) is 0.647. The van der Waals surface area contributed by atoms with Crippen molar-refractivity contribution in [3.8, 4) is 0 Å². The van der Waals surface area contributed by atoms with Crippen LogP contribution in [-0.2, 0) is 4.43 Å². The third-order valence-corrected chi connectivity index (χ3v) is 9.89. The highest BCUT2D eigenvalue weighted by Crippen LogP contribution is 2.39. The zero-order valence-electron chi connectivity index (χ0n) is 16.0. The van der Waals surface area contributed by atoms with Crippen molar-refractivity contribution in [2.75, 3.05) is 30.8 Å². The summed E-state index contributed by atoms with van der Waals surface area (Å²) in [4.78, 5) is 19.3. The summed E-state index contributed by atoms with van der Waals surface area (Å²) in [6, 6.07) is 3.44. The molecule has 2 rings (SSSR count). The van der Waals surface area contributed by atoms with Crippen molar-refractivity contribution in [3.63, 3.8) is 0 Å². The van der Waals surface area contributed by atoms with Crippen molar-refractivity contribution < 1.29 is 14.3 Å². The molecule has 1 aromatic rings. The molecule has 7 nitrogen and oxygen atoms in total. The van der Waals surface area contributed by atoms with Gasteiger partial charge in [-0.25, -0.2) is 9.78 Å². The van der Waals surface area contributed by atoms with Crippen molar-refractivity contribution in [3.05, 3.63) is 18.3 Å². The molecule has 1 saturated heterocycles. The van der Waals surface area contributed by atoms with Gasteiger partial charge < -0.3 is 25.1 Å². The summed E-state index contributed by atoms with van der Waals surface area (Å²) in [6.07, 6.45) is 0.495. The average molecular weight is 367 g/mol. The first-order chi connectivity index (χ1) is 11.4. The molecule has 1 fully saturated rings. The summed E-state index contributed by atoms with van der Waals surface area (Å²) in [5.74, 6) is 0.791. The van der Waals surface area contributed by atoms with Gasteiger partial charge in [-0.3, -0.25) is 0 Å². The first kappa shape index (κ1) is 19.5. The van der Waals surface area contributed by atoms with Gasteiger partial charge >= 0.3 is 6.09 Å². The van der Waals surface area contributed by atoms with Gasteiger partial charge in [0, 0.05) is 20.1 Å². The van der Waals surface area contributed by atoms with Crippen LogP contribution in [-0.4, -0.2) is 61.7 Å². The number of rotatable bonds is 4. The molecule has 8 heteroatoms. The molecular formula is C17H30N4O3Si. The standard InChI is InChI=1S/C17H30N4O3Si/c1-17(2,3)25(5,6)24-14-11-21(10-13(14)20(4)16(22)23)15-8-7-12(18)9-19-15/h7-9,13-14H,10-11,18H2,1-6H3,(H,22,23)/t13-,14+/m1/s1.